The number of halogens is 2. The first kappa shape index (κ1) is 25.0. The third kappa shape index (κ3) is 6.43. The van der Waals surface area contributed by atoms with Gasteiger partial charge in [0, 0.05) is 27.9 Å². The van der Waals surface area contributed by atoms with Crippen molar-refractivity contribution in [2.45, 2.75) is 6.61 Å². The molecule has 0 radical (unpaired) electrons. The summed E-state index contributed by atoms with van der Waals surface area (Å²) in [5.41, 5.74) is 1.58. The number of non-ortho nitro benzene ring substituents is 1. The molecule has 8 nitrogen and oxygen atoms in total. The van der Waals surface area contributed by atoms with E-state index in [4.69, 9.17) is 9.47 Å². The van der Waals surface area contributed by atoms with Crippen LogP contribution in [0.25, 0.3) is 6.08 Å². The molecule has 0 aliphatic rings. The van der Waals surface area contributed by atoms with E-state index in [9.17, 15) is 20.2 Å². The van der Waals surface area contributed by atoms with Crippen LogP contribution >= 0.6 is 31.9 Å². The Kier molecular flexibility index (Phi) is 8.40. The van der Waals surface area contributed by atoms with Gasteiger partial charge in [-0.25, -0.2) is 0 Å². The molecule has 1 N–H and O–H groups in total. The van der Waals surface area contributed by atoms with Gasteiger partial charge in [0.25, 0.3) is 11.6 Å². The minimum atomic E-state index is -0.579. The van der Waals surface area contributed by atoms with E-state index >= 15 is 0 Å². The van der Waals surface area contributed by atoms with E-state index < -0.39 is 10.8 Å². The second-order valence-corrected chi connectivity index (χ2v) is 8.64. The molecule has 10 heteroatoms. The molecule has 3 aromatic rings. The first-order chi connectivity index (χ1) is 16.3. The molecule has 0 saturated carbocycles. The number of methoxy groups -OCH3 is 1. The summed E-state index contributed by atoms with van der Waals surface area (Å²) in [6.07, 6.45) is 1.43. The zero-order chi connectivity index (χ0) is 24.7. The fourth-order valence-corrected chi connectivity index (χ4v) is 4.26. The highest BCUT2D eigenvalue weighted by atomic mass is 79.9. The summed E-state index contributed by atoms with van der Waals surface area (Å²) >= 11 is 6.86. The van der Waals surface area contributed by atoms with E-state index in [-0.39, 0.29) is 17.9 Å². The van der Waals surface area contributed by atoms with Crippen LogP contribution < -0.4 is 14.8 Å². The molecule has 0 fully saturated rings. The Balaban J connectivity index is 1.84. The molecular weight excluding hydrogens is 570 g/mol. The van der Waals surface area contributed by atoms with E-state index in [2.05, 4.69) is 37.2 Å². The van der Waals surface area contributed by atoms with Gasteiger partial charge < -0.3 is 14.8 Å². The van der Waals surface area contributed by atoms with E-state index in [1.54, 1.807) is 55.6 Å². The average Bonchev–Trinajstić information content (AvgIpc) is 2.82. The van der Waals surface area contributed by atoms with Crippen molar-refractivity contribution in [1.82, 2.24) is 0 Å². The Hall–Kier alpha value is -3.68. The molecule has 3 aromatic carbocycles. The third-order valence-corrected chi connectivity index (χ3v) is 5.63. The minimum Gasteiger partial charge on any atom is -0.497 e. The van der Waals surface area contributed by atoms with Gasteiger partial charge in [-0.2, -0.15) is 5.26 Å². The number of nitriles is 1. The third-order valence-electron chi connectivity index (χ3n) is 4.58. The number of nitro benzene ring substituents is 1. The van der Waals surface area contributed by atoms with Crippen molar-refractivity contribution in [2.75, 3.05) is 12.4 Å². The molecule has 0 bridgehead atoms. The van der Waals surface area contributed by atoms with E-state index in [1.165, 1.54) is 18.2 Å². The number of nitro groups is 1. The minimum absolute atomic E-state index is 0.0151. The van der Waals surface area contributed by atoms with Crippen LogP contribution in [0.2, 0.25) is 0 Å². The summed E-state index contributed by atoms with van der Waals surface area (Å²) in [6, 6.07) is 18.1. The lowest BCUT2D eigenvalue weighted by Crippen LogP contribution is -2.13. The molecule has 3 rings (SSSR count). The van der Waals surface area contributed by atoms with Crippen molar-refractivity contribution in [2.24, 2.45) is 0 Å². The molecule has 0 unspecified atom stereocenters. The van der Waals surface area contributed by atoms with Crippen LogP contribution in [-0.2, 0) is 11.4 Å². The Morgan fingerprint density at radius 2 is 1.82 bits per heavy atom. The zero-order valence-corrected chi connectivity index (χ0v) is 20.9. The van der Waals surface area contributed by atoms with E-state index in [0.29, 0.717) is 37.3 Å². The van der Waals surface area contributed by atoms with E-state index in [0.717, 1.165) is 0 Å². The predicted octanol–water partition coefficient (Wildman–Crippen LogP) is 6.25. The number of nitrogens with one attached hydrogen (secondary N) is 1. The number of carbonyl (C=O) groups is 1. The smallest absolute Gasteiger partial charge is 0.269 e. The number of anilines is 1. The summed E-state index contributed by atoms with van der Waals surface area (Å²) in [7, 11) is 1.54. The van der Waals surface area contributed by atoms with Gasteiger partial charge in [-0.15, -0.1) is 0 Å². The van der Waals surface area contributed by atoms with Gasteiger partial charge in [0.1, 0.15) is 29.7 Å². The summed E-state index contributed by atoms with van der Waals surface area (Å²) in [6.45, 7) is 0.124. The molecular formula is C24H17Br2N3O5. The van der Waals surface area contributed by atoms with Gasteiger partial charge in [-0.3, -0.25) is 14.9 Å². The SMILES string of the molecule is COc1ccc(NC(=O)/C(C#N)=C/c2cc(Br)cc(Br)c2OCc2ccc([N+](=O)[O-])cc2)cc1. The van der Waals surface area contributed by atoms with Crippen molar-refractivity contribution in [1.29, 1.82) is 5.26 Å². The molecule has 172 valence electrons. The fraction of sp³-hybridized carbons (Fsp3) is 0.0833. The molecule has 0 aliphatic heterocycles. The van der Waals surface area contributed by atoms with Crippen molar-refractivity contribution in [3.8, 4) is 17.6 Å². The summed E-state index contributed by atoms with van der Waals surface area (Å²) in [4.78, 5) is 23.1. The summed E-state index contributed by atoms with van der Waals surface area (Å²) in [5.74, 6) is 0.472. The molecule has 0 saturated heterocycles. The van der Waals surface area contributed by atoms with Gasteiger partial charge in [0.05, 0.1) is 16.5 Å². The molecule has 34 heavy (non-hydrogen) atoms. The lowest BCUT2D eigenvalue weighted by Gasteiger charge is -2.13. The van der Waals surface area contributed by atoms with Crippen LogP contribution in [0.1, 0.15) is 11.1 Å². The standard InChI is InChI=1S/C24H17Br2N3O5/c1-33-21-8-4-19(5-9-21)28-24(30)17(13-27)10-16-11-18(25)12-22(26)23(16)34-14-15-2-6-20(7-3-15)29(31)32/h2-12H,14H2,1H3,(H,28,30)/b17-10+. The van der Waals surface area contributed by atoms with Gasteiger partial charge >= 0.3 is 0 Å². The summed E-state index contributed by atoms with van der Waals surface area (Å²) < 4.78 is 12.3. The first-order valence-corrected chi connectivity index (χ1v) is 11.3. The van der Waals surface area contributed by atoms with Crippen LogP contribution in [-0.4, -0.2) is 17.9 Å². The number of amides is 1. The number of benzene rings is 3. The highest BCUT2D eigenvalue weighted by molar-refractivity contribution is 9.11. The van der Waals surface area contributed by atoms with Gasteiger partial charge in [0.15, 0.2) is 0 Å². The lowest BCUT2D eigenvalue weighted by molar-refractivity contribution is -0.384. The monoisotopic (exact) mass is 585 g/mol. The molecule has 0 heterocycles. The molecule has 0 aromatic heterocycles. The number of hydrogen-bond acceptors (Lipinski definition) is 6. The quantitative estimate of drug-likeness (QED) is 0.144. The maximum absolute atomic E-state index is 12.7. The molecule has 0 spiro atoms. The number of rotatable bonds is 8. The van der Waals surface area contributed by atoms with Crippen LogP contribution in [0.5, 0.6) is 11.5 Å². The van der Waals surface area contributed by atoms with Crippen molar-refractivity contribution in [3.05, 3.63) is 96.4 Å². The molecule has 0 aliphatic carbocycles. The summed E-state index contributed by atoms with van der Waals surface area (Å²) in [5, 5.41) is 23.1. The first-order valence-electron chi connectivity index (χ1n) is 9.73. The van der Waals surface area contributed by atoms with Crippen LogP contribution in [0.15, 0.2) is 75.2 Å². The van der Waals surface area contributed by atoms with Crippen LogP contribution in [0.3, 0.4) is 0 Å². The van der Waals surface area contributed by atoms with Crippen LogP contribution in [0.4, 0.5) is 11.4 Å². The maximum atomic E-state index is 12.7. The Morgan fingerprint density at radius 1 is 1.15 bits per heavy atom. The highest BCUT2D eigenvalue weighted by Crippen LogP contribution is 2.35. The highest BCUT2D eigenvalue weighted by Gasteiger charge is 2.15. The largest absolute Gasteiger partial charge is 0.497 e. The van der Waals surface area contributed by atoms with Crippen LogP contribution in [0, 0.1) is 21.4 Å². The lowest BCUT2D eigenvalue weighted by atomic mass is 10.1. The Bertz CT molecular complexity index is 1280. The molecule has 1 amide bonds. The topological polar surface area (TPSA) is 114 Å². The van der Waals surface area contributed by atoms with Crippen molar-refractivity contribution in [3.63, 3.8) is 0 Å². The van der Waals surface area contributed by atoms with Crippen molar-refractivity contribution >= 4 is 55.2 Å². The Labute approximate surface area is 212 Å². The predicted molar refractivity (Wildman–Crippen MR) is 134 cm³/mol. The number of carbonyl (C=O) groups excluding carboxylic acids is 1. The molecule has 0 atom stereocenters. The van der Waals surface area contributed by atoms with Gasteiger partial charge in [0.2, 0.25) is 0 Å². The maximum Gasteiger partial charge on any atom is 0.269 e. The number of ether oxygens (including phenoxy) is 2. The Morgan fingerprint density at radius 3 is 2.41 bits per heavy atom. The normalized spacial score (nSPS) is 10.8. The fourth-order valence-electron chi connectivity index (χ4n) is 2.89. The second kappa shape index (κ2) is 11.4. The van der Waals surface area contributed by atoms with E-state index in [1.807, 2.05) is 6.07 Å². The number of hydrogen-bond donors (Lipinski definition) is 1. The van der Waals surface area contributed by atoms with Gasteiger partial charge in [-0.1, -0.05) is 15.9 Å². The average molecular weight is 587 g/mol. The van der Waals surface area contributed by atoms with Crippen molar-refractivity contribution < 1.29 is 19.2 Å². The zero-order valence-electron chi connectivity index (χ0n) is 17.7. The number of nitrogens with zero attached hydrogens (tertiary/aromatic N) is 2. The van der Waals surface area contributed by atoms with Gasteiger partial charge in [-0.05, 0) is 76.1 Å². The second-order valence-electron chi connectivity index (χ2n) is 6.87.